The Bertz CT molecular complexity index is 408. The normalized spacial score (nSPS) is 21.0. The number of hydrogen-bond donors (Lipinski definition) is 0. The molecule has 2 heterocycles. The van der Waals surface area contributed by atoms with E-state index >= 15 is 0 Å². The summed E-state index contributed by atoms with van der Waals surface area (Å²) >= 11 is 0. The lowest BCUT2D eigenvalue weighted by molar-refractivity contribution is -0.128. The van der Waals surface area contributed by atoms with Crippen LogP contribution in [0.25, 0.3) is 0 Å². The molecule has 1 unspecified atom stereocenters. The summed E-state index contributed by atoms with van der Waals surface area (Å²) in [6.45, 7) is 4.45. The second kappa shape index (κ2) is 5.21. The van der Waals surface area contributed by atoms with E-state index in [0.717, 1.165) is 19.4 Å². The predicted octanol–water partition coefficient (Wildman–Crippen LogP) is 2.65. The third kappa shape index (κ3) is 2.43. The number of likely N-dealkylation sites (tertiary alicyclic amines) is 1. The molecule has 0 radical (unpaired) electrons. The summed E-state index contributed by atoms with van der Waals surface area (Å²) in [6, 6.07) is 4.36. The van der Waals surface area contributed by atoms with Gasteiger partial charge in [0, 0.05) is 25.5 Å². The van der Waals surface area contributed by atoms with E-state index in [4.69, 9.17) is 0 Å². The van der Waals surface area contributed by atoms with Gasteiger partial charge in [-0.05, 0) is 31.1 Å². The fourth-order valence-corrected chi connectivity index (χ4v) is 2.62. The molecule has 1 saturated heterocycles. The first-order valence-electron chi connectivity index (χ1n) is 6.28. The van der Waals surface area contributed by atoms with E-state index in [0.29, 0.717) is 0 Å². The average Bonchev–Trinajstić information content (AvgIpc) is 2.63. The molecule has 0 aliphatic carbocycles. The van der Waals surface area contributed by atoms with Crippen LogP contribution in [0.5, 0.6) is 0 Å². The first-order chi connectivity index (χ1) is 8.24. The van der Waals surface area contributed by atoms with Gasteiger partial charge in [-0.3, -0.25) is 4.79 Å². The fourth-order valence-electron chi connectivity index (χ4n) is 2.62. The van der Waals surface area contributed by atoms with Crippen LogP contribution in [-0.2, 0) is 11.8 Å². The topological polar surface area (TPSA) is 25.2 Å². The number of carbonyl (C=O) groups excluding carboxylic acids is 1. The molecular formula is C14H20N2O. The van der Waals surface area contributed by atoms with Crippen molar-refractivity contribution in [3.8, 4) is 0 Å². The zero-order chi connectivity index (χ0) is 12.3. The van der Waals surface area contributed by atoms with Crippen LogP contribution in [0.1, 0.15) is 37.4 Å². The summed E-state index contributed by atoms with van der Waals surface area (Å²) in [4.78, 5) is 13.9. The van der Waals surface area contributed by atoms with Crippen molar-refractivity contribution in [3.05, 3.63) is 36.7 Å². The van der Waals surface area contributed by atoms with Crippen molar-refractivity contribution in [3.63, 3.8) is 0 Å². The summed E-state index contributed by atoms with van der Waals surface area (Å²) in [5.74, 6) is 0.0538. The Labute approximate surface area is 103 Å². The number of carbonyl (C=O) groups is 1. The first-order valence-corrected chi connectivity index (χ1v) is 6.28. The minimum atomic E-state index is 0.0538. The zero-order valence-corrected chi connectivity index (χ0v) is 10.4. The van der Waals surface area contributed by atoms with E-state index in [2.05, 4.69) is 17.2 Å². The minimum Gasteiger partial charge on any atom is -0.353 e. The molecule has 1 atom stereocenters. The van der Waals surface area contributed by atoms with Crippen molar-refractivity contribution >= 4 is 5.91 Å². The monoisotopic (exact) mass is 232 g/mol. The van der Waals surface area contributed by atoms with Gasteiger partial charge in [-0.15, -0.1) is 0 Å². The van der Waals surface area contributed by atoms with Crippen molar-refractivity contribution in [2.45, 2.75) is 31.7 Å². The predicted molar refractivity (Wildman–Crippen MR) is 68.5 cm³/mol. The van der Waals surface area contributed by atoms with E-state index in [-0.39, 0.29) is 11.9 Å². The van der Waals surface area contributed by atoms with Crippen molar-refractivity contribution in [1.82, 2.24) is 9.47 Å². The zero-order valence-electron chi connectivity index (χ0n) is 10.4. The minimum absolute atomic E-state index is 0.0538. The average molecular weight is 232 g/mol. The van der Waals surface area contributed by atoms with E-state index in [1.165, 1.54) is 24.6 Å². The number of nitrogens with zero attached hydrogens (tertiary/aromatic N) is 2. The molecule has 1 aromatic heterocycles. The smallest absolute Gasteiger partial charge is 0.246 e. The van der Waals surface area contributed by atoms with Gasteiger partial charge in [-0.25, -0.2) is 0 Å². The van der Waals surface area contributed by atoms with Gasteiger partial charge in [0.25, 0.3) is 0 Å². The summed E-state index contributed by atoms with van der Waals surface area (Å²) < 4.78 is 2.11. The van der Waals surface area contributed by atoms with Gasteiger partial charge in [0.2, 0.25) is 5.91 Å². The molecule has 1 amide bonds. The molecule has 3 heteroatoms. The highest BCUT2D eigenvalue weighted by Gasteiger charge is 2.26. The molecule has 1 aromatic rings. The van der Waals surface area contributed by atoms with Crippen molar-refractivity contribution in [2.24, 2.45) is 7.05 Å². The molecule has 0 spiro atoms. The molecule has 17 heavy (non-hydrogen) atoms. The molecule has 0 saturated carbocycles. The number of rotatable bonds is 2. The fraction of sp³-hybridized carbons (Fsp3) is 0.500. The highest BCUT2D eigenvalue weighted by atomic mass is 16.2. The summed E-state index contributed by atoms with van der Waals surface area (Å²) in [6.07, 6.45) is 8.02. The Morgan fingerprint density at radius 1 is 1.47 bits per heavy atom. The molecule has 2 rings (SSSR count). The molecule has 0 aromatic carbocycles. The van der Waals surface area contributed by atoms with E-state index < -0.39 is 0 Å². The van der Waals surface area contributed by atoms with Crippen molar-refractivity contribution < 1.29 is 4.79 Å². The maximum Gasteiger partial charge on any atom is 0.246 e. The van der Waals surface area contributed by atoms with Gasteiger partial charge >= 0.3 is 0 Å². The Hall–Kier alpha value is -1.51. The molecule has 92 valence electrons. The SMILES string of the molecule is C=CC(=O)N1CCCCCC1c1cccn1C. The van der Waals surface area contributed by atoms with E-state index in [1.54, 1.807) is 0 Å². The summed E-state index contributed by atoms with van der Waals surface area (Å²) in [5, 5.41) is 0. The Morgan fingerprint density at radius 3 is 2.94 bits per heavy atom. The summed E-state index contributed by atoms with van der Waals surface area (Å²) in [5.41, 5.74) is 1.22. The molecule has 3 nitrogen and oxygen atoms in total. The van der Waals surface area contributed by atoms with Gasteiger partial charge < -0.3 is 9.47 Å². The van der Waals surface area contributed by atoms with Crippen LogP contribution >= 0.6 is 0 Å². The second-order valence-electron chi connectivity index (χ2n) is 4.64. The molecule has 1 fully saturated rings. The second-order valence-corrected chi connectivity index (χ2v) is 4.64. The van der Waals surface area contributed by atoms with E-state index in [9.17, 15) is 4.79 Å². The van der Waals surface area contributed by atoms with Gasteiger partial charge in [-0.1, -0.05) is 19.4 Å². The van der Waals surface area contributed by atoms with Crippen LogP contribution in [0.3, 0.4) is 0 Å². The molecule has 1 aliphatic rings. The Balaban J connectivity index is 2.29. The van der Waals surface area contributed by atoms with Crippen LogP contribution in [-0.4, -0.2) is 21.9 Å². The van der Waals surface area contributed by atoms with E-state index in [1.807, 2.05) is 24.2 Å². The Kier molecular flexibility index (Phi) is 3.67. The summed E-state index contributed by atoms with van der Waals surface area (Å²) in [7, 11) is 2.04. The maximum atomic E-state index is 11.9. The van der Waals surface area contributed by atoms with Crippen molar-refractivity contribution in [2.75, 3.05) is 6.54 Å². The molecule has 1 aliphatic heterocycles. The van der Waals surface area contributed by atoms with Crippen molar-refractivity contribution in [1.29, 1.82) is 0 Å². The lowest BCUT2D eigenvalue weighted by Gasteiger charge is -2.29. The molecule has 0 bridgehead atoms. The third-order valence-electron chi connectivity index (χ3n) is 3.54. The van der Waals surface area contributed by atoms with Gasteiger partial charge in [0.05, 0.1) is 6.04 Å². The van der Waals surface area contributed by atoms with Crippen LogP contribution in [0.15, 0.2) is 31.0 Å². The van der Waals surface area contributed by atoms with Gasteiger partial charge in [0.15, 0.2) is 0 Å². The van der Waals surface area contributed by atoms with Gasteiger partial charge in [0.1, 0.15) is 0 Å². The lowest BCUT2D eigenvalue weighted by Crippen LogP contribution is -2.34. The lowest BCUT2D eigenvalue weighted by atomic mass is 10.1. The van der Waals surface area contributed by atoms with Gasteiger partial charge in [-0.2, -0.15) is 0 Å². The van der Waals surface area contributed by atoms with Crippen LogP contribution in [0.2, 0.25) is 0 Å². The quantitative estimate of drug-likeness (QED) is 0.720. The maximum absolute atomic E-state index is 11.9. The third-order valence-corrected chi connectivity index (χ3v) is 3.54. The van der Waals surface area contributed by atoms with Crippen LogP contribution in [0, 0.1) is 0 Å². The number of aryl methyl sites for hydroxylation is 1. The Morgan fingerprint density at radius 2 is 2.29 bits per heavy atom. The van der Waals surface area contributed by atoms with Crippen LogP contribution < -0.4 is 0 Å². The first kappa shape index (κ1) is 12.0. The molecular weight excluding hydrogens is 212 g/mol. The highest BCUT2D eigenvalue weighted by Crippen LogP contribution is 2.30. The number of amides is 1. The largest absolute Gasteiger partial charge is 0.353 e. The number of hydrogen-bond acceptors (Lipinski definition) is 1. The molecule has 0 N–H and O–H groups in total. The van der Waals surface area contributed by atoms with Crippen LogP contribution in [0.4, 0.5) is 0 Å². The standard InChI is InChI=1S/C14H20N2O/c1-3-14(17)16-11-6-4-5-8-13(16)12-9-7-10-15(12)2/h3,7,9-10,13H,1,4-6,8,11H2,2H3. The number of aromatic nitrogens is 1. The highest BCUT2D eigenvalue weighted by molar-refractivity contribution is 5.87.